The van der Waals surface area contributed by atoms with Crippen LogP contribution in [0, 0.1) is 0 Å². The van der Waals surface area contributed by atoms with Crippen molar-refractivity contribution >= 4 is 27.5 Å². The van der Waals surface area contributed by atoms with Crippen molar-refractivity contribution in [2.45, 2.75) is 30.2 Å². The highest BCUT2D eigenvalue weighted by Crippen LogP contribution is 2.25. The minimum absolute atomic E-state index is 0.0227. The number of aromatic nitrogens is 2. The molecule has 1 aromatic rings. The van der Waals surface area contributed by atoms with Crippen LogP contribution in [0.4, 0.5) is 0 Å². The quantitative estimate of drug-likeness (QED) is 0.815. The van der Waals surface area contributed by atoms with Crippen molar-refractivity contribution in [3.05, 3.63) is 17.7 Å². The summed E-state index contributed by atoms with van der Waals surface area (Å²) in [4.78, 5) is 19.1. The molecule has 0 radical (unpaired) electrons. The molecule has 0 saturated carbocycles. The van der Waals surface area contributed by atoms with Gasteiger partial charge in [0.25, 0.3) is 0 Å². The molecule has 0 aromatic carbocycles. The lowest BCUT2D eigenvalue weighted by Crippen LogP contribution is -2.51. The fraction of sp³-hybridized carbons (Fsp3) is 0.545. The Morgan fingerprint density at radius 3 is 2.65 bits per heavy atom. The van der Waals surface area contributed by atoms with Crippen molar-refractivity contribution in [2.75, 3.05) is 13.6 Å². The molecule has 1 fully saturated rings. The number of carbonyl (C=O) groups excluding carboxylic acids is 1. The second-order valence-corrected chi connectivity index (χ2v) is 6.66. The SMILES string of the molecule is CNC(=O)C1CCCCN1S(=O)(=O)c1cnc(Cl)nc1. The van der Waals surface area contributed by atoms with Crippen LogP contribution in [0.25, 0.3) is 0 Å². The van der Waals surface area contributed by atoms with Gasteiger partial charge >= 0.3 is 0 Å². The number of nitrogens with one attached hydrogen (secondary N) is 1. The number of halogens is 1. The lowest BCUT2D eigenvalue weighted by atomic mass is 10.0. The van der Waals surface area contributed by atoms with Gasteiger partial charge in [0.2, 0.25) is 21.2 Å². The topological polar surface area (TPSA) is 92.3 Å². The van der Waals surface area contributed by atoms with Crippen LogP contribution in [0.3, 0.4) is 0 Å². The highest BCUT2D eigenvalue weighted by molar-refractivity contribution is 7.89. The van der Waals surface area contributed by atoms with Crippen molar-refractivity contribution in [1.82, 2.24) is 19.6 Å². The predicted molar refractivity (Wildman–Crippen MR) is 72.6 cm³/mol. The molecule has 1 aliphatic rings. The zero-order valence-corrected chi connectivity index (χ0v) is 12.5. The van der Waals surface area contributed by atoms with Crippen molar-refractivity contribution in [2.24, 2.45) is 0 Å². The average Bonchev–Trinajstić information content (AvgIpc) is 2.47. The normalized spacial score (nSPS) is 20.6. The van der Waals surface area contributed by atoms with E-state index in [1.807, 2.05) is 0 Å². The zero-order chi connectivity index (χ0) is 14.8. The van der Waals surface area contributed by atoms with Crippen molar-refractivity contribution in [1.29, 1.82) is 0 Å². The highest BCUT2D eigenvalue weighted by Gasteiger charge is 2.37. The second-order valence-electron chi connectivity index (χ2n) is 4.43. The van der Waals surface area contributed by atoms with Gasteiger partial charge in [-0.15, -0.1) is 0 Å². The maximum absolute atomic E-state index is 12.6. The lowest BCUT2D eigenvalue weighted by Gasteiger charge is -2.33. The van der Waals surface area contributed by atoms with Crippen LogP contribution in [0.15, 0.2) is 17.3 Å². The summed E-state index contributed by atoms with van der Waals surface area (Å²) in [6, 6.07) is -0.686. The monoisotopic (exact) mass is 318 g/mol. The minimum Gasteiger partial charge on any atom is -0.358 e. The number of nitrogens with zero attached hydrogens (tertiary/aromatic N) is 3. The fourth-order valence-corrected chi connectivity index (χ4v) is 3.84. The van der Waals surface area contributed by atoms with Gasteiger partial charge in [-0.25, -0.2) is 18.4 Å². The Kier molecular flexibility index (Phi) is 4.56. The van der Waals surface area contributed by atoms with Gasteiger partial charge in [-0.2, -0.15) is 4.31 Å². The molecule has 9 heteroatoms. The Morgan fingerprint density at radius 2 is 2.05 bits per heavy atom. The summed E-state index contributed by atoms with van der Waals surface area (Å²) in [6.07, 6.45) is 4.36. The van der Waals surface area contributed by atoms with Crippen molar-refractivity contribution in [3.63, 3.8) is 0 Å². The average molecular weight is 319 g/mol. The summed E-state index contributed by atoms with van der Waals surface area (Å²) < 4.78 is 26.3. The number of likely N-dealkylation sites (N-methyl/N-ethyl adjacent to an activating group) is 1. The van der Waals surface area contributed by atoms with Crippen LogP contribution in [0.1, 0.15) is 19.3 Å². The maximum atomic E-state index is 12.6. The molecule has 1 amide bonds. The van der Waals surface area contributed by atoms with E-state index in [-0.39, 0.29) is 16.1 Å². The lowest BCUT2D eigenvalue weighted by molar-refractivity contribution is -0.125. The molecule has 110 valence electrons. The van der Waals surface area contributed by atoms with Gasteiger partial charge in [0, 0.05) is 13.6 Å². The van der Waals surface area contributed by atoms with Crippen LogP contribution in [0.2, 0.25) is 5.28 Å². The first-order valence-electron chi connectivity index (χ1n) is 6.18. The van der Waals surface area contributed by atoms with Gasteiger partial charge in [0.05, 0.1) is 12.4 Å². The van der Waals surface area contributed by atoms with Crippen LogP contribution in [0.5, 0.6) is 0 Å². The first kappa shape index (κ1) is 15.1. The van der Waals surface area contributed by atoms with Gasteiger partial charge in [0.15, 0.2) is 0 Å². The van der Waals surface area contributed by atoms with Gasteiger partial charge < -0.3 is 5.32 Å². The molecule has 1 aromatic heterocycles. The molecule has 1 saturated heterocycles. The summed E-state index contributed by atoms with van der Waals surface area (Å²) in [5, 5.41) is 2.48. The third kappa shape index (κ3) is 2.92. The molecule has 2 rings (SSSR count). The molecule has 20 heavy (non-hydrogen) atoms. The highest BCUT2D eigenvalue weighted by atomic mass is 35.5. The first-order chi connectivity index (χ1) is 9.46. The smallest absolute Gasteiger partial charge is 0.246 e. The van der Waals surface area contributed by atoms with E-state index in [2.05, 4.69) is 15.3 Å². The molecule has 1 aliphatic heterocycles. The van der Waals surface area contributed by atoms with E-state index in [1.54, 1.807) is 0 Å². The van der Waals surface area contributed by atoms with E-state index in [1.165, 1.54) is 11.4 Å². The number of hydrogen-bond acceptors (Lipinski definition) is 5. The summed E-state index contributed by atoms with van der Waals surface area (Å²) in [7, 11) is -2.30. The molecular weight excluding hydrogens is 304 g/mol. The van der Waals surface area contributed by atoms with E-state index in [0.29, 0.717) is 13.0 Å². The van der Waals surface area contributed by atoms with Gasteiger partial charge in [-0.3, -0.25) is 4.79 Å². The van der Waals surface area contributed by atoms with Crippen LogP contribution >= 0.6 is 11.6 Å². The third-order valence-electron chi connectivity index (χ3n) is 3.21. The minimum atomic E-state index is -3.79. The Balaban J connectivity index is 2.35. The molecular formula is C11H15ClN4O3S. The molecule has 1 N–H and O–H groups in total. The molecule has 0 aliphatic carbocycles. The van der Waals surface area contributed by atoms with E-state index < -0.39 is 16.1 Å². The fourth-order valence-electron chi connectivity index (χ4n) is 2.19. The second kappa shape index (κ2) is 6.02. The molecule has 1 atom stereocenters. The number of amides is 1. The molecule has 7 nitrogen and oxygen atoms in total. The van der Waals surface area contributed by atoms with Crippen molar-refractivity contribution < 1.29 is 13.2 Å². The summed E-state index contributed by atoms with van der Waals surface area (Å²) >= 11 is 5.55. The van der Waals surface area contributed by atoms with E-state index >= 15 is 0 Å². The number of hydrogen-bond donors (Lipinski definition) is 1. The van der Waals surface area contributed by atoms with E-state index in [4.69, 9.17) is 11.6 Å². The Hall–Kier alpha value is -1.25. The standard InChI is InChI=1S/C11H15ClN4O3S/c1-13-10(17)9-4-2-3-5-16(9)20(18,19)8-6-14-11(12)15-7-8/h6-7,9H,2-5H2,1H3,(H,13,17). The van der Waals surface area contributed by atoms with Crippen LogP contribution in [-0.4, -0.2) is 48.2 Å². The number of rotatable bonds is 3. The summed E-state index contributed by atoms with van der Waals surface area (Å²) in [5.41, 5.74) is 0. The zero-order valence-electron chi connectivity index (χ0n) is 10.9. The van der Waals surface area contributed by atoms with Crippen LogP contribution in [-0.2, 0) is 14.8 Å². The number of piperidine rings is 1. The molecule has 0 spiro atoms. The largest absolute Gasteiger partial charge is 0.358 e. The summed E-state index contributed by atoms with van der Waals surface area (Å²) in [5.74, 6) is -0.303. The Morgan fingerprint density at radius 1 is 1.40 bits per heavy atom. The Bertz CT molecular complexity index is 590. The van der Waals surface area contributed by atoms with E-state index in [0.717, 1.165) is 25.2 Å². The molecule has 0 bridgehead atoms. The molecule has 2 heterocycles. The summed E-state index contributed by atoms with van der Waals surface area (Å²) in [6.45, 7) is 0.309. The van der Waals surface area contributed by atoms with Crippen molar-refractivity contribution in [3.8, 4) is 0 Å². The number of carbonyl (C=O) groups is 1. The first-order valence-corrected chi connectivity index (χ1v) is 7.99. The number of sulfonamides is 1. The Labute approximate surface area is 122 Å². The van der Waals surface area contributed by atoms with E-state index in [9.17, 15) is 13.2 Å². The maximum Gasteiger partial charge on any atom is 0.246 e. The predicted octanol–water partition coefficient (Wildman–Crippen LogP) is 0.419. The van der Waals surface area contributed by atoms with Crippen LogP contribution < -0.4 is 5.32 Å². The van der Waals surface area contributed by atoms with Gasteiger partial charge in [0.1, 0.15) is 10.9 Å². The third-order valence-corrected chi connectivity index (χ3v) is 5.26. The van der Waals surface area contributed by atoms with Gasteiger partial charge in [-0.05, 0) is 24.4 Å². The van der Waals surface area contributed by atoms with Gasteiger partial charge in [-0.1, -0.05) is 6.42 Å². The molecule has 1 unspecified atom stereocenters.